The zero-order valence-corrected chi connectivity index (χ0v) is 18.9. The average molecular weight is 464 g/mol. The highest BCUT2D eigenvalue weighted by atomic mass is 16.5. The van der Waals surface area contributed by atoms with Crippen LogP contribution < -0.4 is 15.4 Å². The smallest absolute Gasteiger partial charge is 0.326 e. The second kappa shape index (κ2) is 9.82. The first kappa shape index (κ1) is 22.4. The van der Waals surface area contributed by atoms with E-state index in [0.717, 1.165) is 49.7 Å². The van der Waals surface area contributed by atoms with Crippen molar-refractivity contribution < 1.29 is 19.4 Å². The summed E-state index contributed by atoms with van der Waals surface area (Å²) in [5.41, 5.74) is 0.816. The Labute approximate surface area is 197 Å². The molecule has 9 nitrogen and oxygen atoms in total. The summed E-state index contributed by atoms with van der Waals surface area (Å²) in [7, 11) is 0. The Hall–Kier alpha value is -3.43. The lowest BCUT2D eigenvalue weighted by Gasteiger charge is -2.29. The second-order valence-corrected chi connectivity index (χ2v) is 8.98. The summed E-state index contributed by atoms with van der Waals surface area (Å²) in [6.45, 7) is 2.29. The maximum atomic E-state index is 12.4. The predicted molar refractivity (Wildman–Crippen MR) is 128 cm³/mol. The lowest BCUT2D eigenvalue weighted by Crippen LogP contribution is -2.37. The number of piperidine rings is 1. The highest BCUT2D eigenvalue weighted by Gasteiger charge is 2.24. The van der Waals surface area contributed by atoms with Gasteiger partial charge in [0.1, 0.15) is 17.3 Å². The van der Waals surface area contributed by atoms with Crippen LogP contribution in [0.25, 0.3) is 10.9 Å². The Morgan fingerprint density at radius 1 is 1.06 bits per heavy atom. The third-order valence-electron chi connectivity index (χ3n) is 6.23. The van der Waals surface area contributed by atoms with Crippen LogP contribution in [0, 0.1) is 0 Å². The van der Waals surface area contributed by atoms with Gasteiger partial charge >= 0.3 is 6.03 Å². The average Bonchev–Trinajstić information content (AvgIpc) is 3.54. The van der Waals surface area contributed by atoms with Crippen molar-refractivity contribution in [3.05, 3.63) is 48.8 Å². The summed E-state index contributed by atoms with van der Waals surface area (Å²) < 4.78 is 7.60. The number of amides is 2. The van der Waals surface area contributed by atoms with Gasteiger partial charge in [-0.15, -0.1) is 0 Å². The normalized spacial score (nSPS) is 17.0. The number of carbonyl (C=O) groups is 2. The minimum atomic E-state index is -0.218. The third-order valence-corrected chi connectivity index (χ3v) is 6.23. The van der Waals surface area contributed by atoms with Crippen molar-refractivity contribution in [1.29, 1.82) is 0 Å². The quantitative estimate of drug-likeness (QED) is 0.496. The standard InChI is InChI=1S/C25H29N5O4/c31-19-7-11-29(12-8-19)13-9-24(32)28-23-16-21(5-10-26-23)34-20-3-4-22-17(15-20)6-14-30(22)25(33)27-18-1-2-18/h3-6,10,14-16,18-19,31H,1-2,7-9,11-13H2,(H,27,33)(H,26,28,32). The zero-order chi connectivity index (χ0) is 23.5. The number of pyridine rings is 1. The van der Waals surface area contributed by atoms with Gasteiger partial charge in [0.15, 0.2) is 0 Å². The van der Waals surface area contributed by atoms with Crippen LogP contribution in [0.1, 0.15) is 32.1 Å². The summed E-state index contributed by atoms with van der Waals surface area (Å²) in [5.74, 6) is 1.51. The first-order valence-electron chi connectivity index (χ1n) is 11.8. The first-order valence-corrected chi connectivity index (χ1v) is 11.8. The van der Waals surface area contributed by atoms with Crippen LogP contribution in [0.2, 0.25) is 0 Å². The SMILES string of the molecule is O=C(CCN1CCC(O)CC1)Nc1cc(Oc2ccc3c(ccn3C(=O)NC3CC3)c2)ccn1. The zero-order valence-electron chi connectivity index (χ0n) is 18.9. The van der Waals surface area contributed by atoms with Gasteiger partial charge < -0.3 is 25.4 Å². The highest BCUT2D eigenvalue weighted by molar-refractivity contribution is 5.92. The third kappa shape index (κ3) is 5.55. The van der Waals surface area contributed by atoms with Crippen LogP contribution in [-0.2, 0) is 4.79 Å². The van der Waals surface area contributed by atoms with Gasteiger partial charge in [-0.3, -0.25) is 9.36 Å². The molecule has 2 fully saturated rings. The van der Waals surface area contributed by atoms with E-state index in [1.807, 2.05) is 24.3 Å². The van der Waals surface area contributed by atoms with Crippen LogP contribution in [0.4, 0.5) is 10.6 Å². The number of nitrogens with one attached hydrogen (secondary N) is 2. The van der Waals surface area contributed by atoms with Crippen molar-refractivity contribution in [2.75, 3.05) is 25.0 Å². The van der Waals surface area contributed by atoms with Gasteiger partial charge in [-0.25, -0.2) is 9.78 Å². The fourth-order valence-electron chi connectivity index (χ4n) is 4.12. The fourth-order valence-corrected chi connectivity index (χ4v) is 4.12. The largest absolute Gasteiger partial charge is 0.457 e. The number of anilines is 1. The lowest BCUT2D eigenvalue weighted by molar-refractivity contribution is -0.116. The minimum Gasteiger partial charge on any atom is -0.457 e. The summed E-state index contributed by atoms with van der Waals surface area (Å²) in [6, 6.07) is 11.0. The molecule has 2 aliphatic rings. The number of nitrogens with zero attached hydrogens (tertiary/aromatic N) is 3. The molecule has 5 rings (SSSR count). The van der Waals surface area contributed by atoms with Gasteiger partial charge in [-0.2, -0.15) is 0 Å². The van der Waals surface area contributed by atoms with Crippen molar-refractivity contribution in [2.45, 2.75) is 44.2 Å². The number of likely N-dealkylation sites (tertiary alicyclic amines) is 1. The molecule has 3 heterocycles. The van der Waals surface area contributed by atoms with Crippen molar-refractivity contribution in [3.8, 4) is 11.5 Å². The number of rotatable bonds is 7. The Morgan fingerprint density at radius 2 is 1.85 bits per heavy atom. The van der Waals surface area contributed by atoms with E-state index in [1.165, 1.54) is 0 Å². The topological polar surface area (TPSA) is 109 Å². The molecule has 9 heteroatoms. The summed E-state index contributed by atoms with van der Waals surface area (Å²) in [4.78, 5) is 31.2. The van der Waals surface area contributed by atoms with Crippen molar-refractivity contribution in [3.63, 3.8) is 0 Å². The summed E-state index contributed by atoms with van der Waals surface area (Å²) in [5, 5.41) is 16.3. The monoisotopic (exact) mass is 463 g/mol. The first-order chi connectivity index (χ1) is 16.5. The Morgan fingerprint density at radius 3 is 2.65 bits per heavy atom. The number of aromatic nitrogens is 2. The van der Waals surface area contributed by atoms with E-state index >= 15 is 0 Å². The van der Waals surface area contributed by atoms with E-state index in [2.05, 4.69) is 20.5 Å². The molecule has 1 aliphatic carbocycles. The number of hydrogen-bond acceptors (Lipinski definition) is 6. The highest BCUT2D eigenvalue weighted by Crippen LogP contribution is 2.28. The molecular weight excluding hydrogens is 434 g/mol. The second-order valence-electron chi connectivity index (χ2n) is 8.98. The van der Waals surface area contributed by atoms with Gasteiger partial charge in [0.25, 0.3) is 0 Å². The molecule has 2 aromatic heterocycles. The van der Waals surface area contributed by atoms with Gasteiger partial charge in [0, 0.05) is 55.9 Å². The molecule has 0 atom stereocenters. The minimum absolute atomic E-state index is 0.108. The number of ether oxygens (including phenoxy) is 1. The van der Waals surface area contributed by atoms with Gasteiger partial charge in [-0.05, 0) is 56.0 Å². The molecule has 34 heavy (non-hydrogen) atoms. The van der Waals surface area contributed by atoms with Crippen molar-refractivity contribution >= 4 is 28.7 Å². The molecule has 1 saturated heterocycles. The molecule has 178 valence electrons. The molecule has 0 bridgehead atoms. The molecule has 0 radical (unpaired) electrons. The molecule has 3 N–H and O–H groups in total. The molecule has 2 amide bonds. The number of aliphatic hydroxyl groups is 1. The van der Waals surface area contributed by atoms with Crippen LogP contribution >= 0.6 is 0 Å². The van der Waals surface area contributed by atoms with Gasteiger partial charge in [0.2, 0.25) is 5.91 Å². The van der Waals surface area contributed by atoms with E-state index in [4.69, 9.17) is 4.74 Å². The Bertz CT molecular complexity index is 1180. The van der Waals surface area contributed by atoms with Crippen LogP contribution in [0.5, 0.6) is 11.5 Å². The number of aliphatic hydroxyl groups excluding tert-OH is 1. The number of carbonyl (C=O) groups excluding carboxylic acids is 2. The summed E-state index contributed by atoms with van der Waals surface area (Å²) in [6.07, 6.45) is 7.10. The fraction of sp³-hybridized carbons (Fsp3) is 0.400. The molecule has 1 saturated carbocycles. The van der Waals surface area contributed by atoms with Crippen LogP contribution in [0.15, 0.2) is 48.8 Å². The Balaban J connectivity index is 1.18. The molecule has 1 aromatic carbocycles. The maximum absolute atomic E-state index is 12.4. The van der Waals surface area contributed by atoms with Crippen molar-refractivity contribution in [2.24, 2.45) is 0 Å². The molecule has 3 aromatic rings. The van der Waals surface area contributed by atoms with E-state index in [-0.39, 0.29) is 18.0 Å². The number of fused-ring (bicyclic) bond motifs is 1. The summed E-state index contributed by atoms with van der Waals surface area (Å²) >= 11 is 0. The van der Waals surface area contributed by atoms with E-state index in [9.17, 15) is 14.7 Å². The van der Waals surface area contributed by atoms with Crippen LogP contribution in [-0.4, -0.2) is 63.3 Å². The van der Waals surface area contributed by atoms with E-state index in [0.29, 0.717) is 36.3 Å². The molecule has 1 aliphatic heterocycles. The molecule has 0 spiro atoms. The number of benzene rings is 1. The van der Waals surface area contributed by atoms with E-state index in [1.54, 1.807) is 29.1 Å². The molecular formula is C25H29N5O4. The Kier molecular flexibility index (Phi) is 6.46. The van der Waals surface area contributed by atoms with Crippen molar-refractivity contribution in [1.82, 2.24) is 19.8 Å². The number of hydrogen-bond donors (Lipinski definition) is 3. The predicted octanol–water partition coefficient (Wildman–Crippen LogP) is 3.33. The molecule has 0 unspecified atom stereocenters. The van der Waals surface area contributed by atoms with Crippen LogP contribution in [0.3, 0.4) is 0 Å². The van der Waals surface area contributed by atoms with Gasteiger partial charge in [-0.1, -0.05) is 0 Å². The lowest BCUT2D eigenvalue weighted by atomic mass is 10.1. The maximum Gasteiger partial charge on any atom is 0.326 e. The van der Waals surface area contributed by atoms with Gasteiger partial charge in [0.05, 0.1) is 11.6 Å². The van der Waals surface area contributed by atoms with E-state index < -0.39 is 0 Å².